The molecule has 5 nitrogen and oxygen atoms in total. The highest BCUT2D eigenvalue weighted by atomic mass is 16.6. The number of hydrogen-bond donors (Lipinski definition) is 1. The van der Waals surface area contributed by atoms with Crippen molar-refractivity contribution >= 4 is 5.69 Å². The van der Waals surface area contributed by atoms with Gasteiger partial charge < -0.3 is 5.73 Å². The molecule has 0 amide bonds. The highest BCUT2D eigenvalue weighted by Gasteiger charge is 2.28. The number of likely N-dealkylation sites (tertiary alicyclic amines) is 1. The normalized spacial score (nSPS) is 22.8. The van der Waals surface area contributed by atoms with Gasteiger partial charge in [-0.05, 0) is 50.8 Å². The van der Waals surface area contributed by atoms with Crippen LogP contribution in [0.15, 0.2) is 12.1 Å². The van der Waals surface area contributed by atoms with E-state index in [0.717, 1.165) is 49.0 Å². The Labute approximate surface area is 125 Å². The van der Waals surface area contributed by atoms with E-state index in [1.54, 1.807) is 0 Å². The summed E-state index contributed by atoms with van der Waals surface area (Å²) < 4.78 is 0. The summed E-state index contributed by atoms with van der Waals surface area (Å²) in [5.74, 6) is 0. The fourth-order valence-corrected chi connectivity index (χ4v) is 3.68. The van der Waals surface area contributed by atoms with Crippen LogP contribution in [0.1, 0.15) is 54.8 Å². The lowest BCUT2D eigenvalue weighted by molar-refractivity contribution is -0.386. The van der Waals surface area contributed by atoms with Gasteiger partial charge in [0.15, 0.2) is 0 Å². The number of nitro benzene ring substituents is 1. The van der Waals surface area contributed by atoms with Gasteiger partial charge in [-0.25, -0.2) is 0 Å². The molecule has 1 aromatic carbocycles. The Morgan fingerprint density at radius 2 is 2.00 bits per heavy atom. The van der Waals surface area contributed by atoms with Crippen LogP contribution in [0.25, 0.3) is 0 Å². The summed E-state index contributed by atoms with van der Waals surface area (Å²) in [6.45, 7) is 2.79. The predicted octanol–water partition coefficient (Wildman–Crippen LogP) is 2.92. The molecule has 1 aliphatic heterocycles. The maximum atomic E-state index is 11.6. The van der Waals surface area contributed by atoms with E-state index in [1.807, 2.05) is 12.1 Å². The molecule has 0 saturated carbocycles. The van der Waals surface area contributed by atoms with Crippen LogP contribution in [0, 0.1) is 10.1 Å². The van der Waals surface area contributed by atoms with E-state index in [1.165, 1.54) is 19.3 Å². The summed E-state index contributed by atoms with van der Waals surface area (Å²) in [5, 5.41) is 11.6. The average Bonchev–Trinajstić information content (AvgIpc) is 2.48. The standard InChI is InChI=1S/C16H23N3O2/c17-15-6-4-5-14-13(15)8-7-12(16(14)19(20)21)11-18-9-2-1-3-10-18/h7-8,15H,1-6,9-11,17H2/t15-/m1/s1. The van der Waals surface area contributed by atoms with E-state index in [-0.39, 0.29) is 11.0 Å². The van der Waals surface area contributed by atoms with Gasteiger partial charge in [0.1, 0.15) is 0 Å². The molecule has 0 bridgehead atoms. The lowest BCUT2D eigenvalue weighted by atomic mass is 9.85. The molecule has 114 valence electrons. The number of nitro groups is 1. The van der Waals surface area contributed by atoms with Crippen molar-refractivity contribution in [3.63, 3.8) is 0 Å². The van der Waals surface area contributed by atoms with Crippen LogP contribution in [0.5, 0.6) is 0 Å². The van der Waals surface area contributed by atoms with E-state index in [0.29, 0.717) is 12.2 Å². The predicted molar refractivity (Wildman–Crippen MR) is 82.1 cm³/mol. The lowest BCUT2D eigenvalue weighted by Crippen LogP contribution is -2.29. The summed E-state index contributed by atoms with van der Waals surface area (Å²) in [6.07, 6.45) is 6.33. The minimum Gasteiger partial charge on any atom is -0.324 e. The van der Waals surface area contributed by atoms with Gasteiger partial charge in [-0.15, -0.1) is 0 Å². The molecule has 1 saturated heterocycles. The third-order valence-corrected chi connectivity index (χ3v) is 4.77. The Kier molecular flexibility index (Phi) is 4.22. The molecule has 0 unspecified atom stereocenters. The second-order valence-electron chi connectivity index (χ2n) is 6.23. The quantitative estimate of drug-likeness (QED) is 0.686. The molecule has 1 aromatic rings. The van der Waals surface area contributed by atoms with Crippen molar-refractivity contribution in [1.82, 2.24) is 4.90 Å². The van der Waals surface area contributed by atoms with Crippen molar-refractivity contribution in [1.29, 1.82) is 0 Å². The van der Waals surface area contributed by atoms with Crippen LogP contribution in [-0.4, -0.2) is 22.9 Å². The maximum Gasteiger partial charge on any atom is 0.277 e. The molecule has 2 N–H and O–H groups in total. The molecule has 2 aliphatic rings. The molecule has 1 fully saturated rings. The number of rotatable bonds is 3. The van der Waals surface area contributed by atoms with E-state index in [4.69, 9.17) is 5.73 Å². The molecule has 1 aliphatic carbocycles. The van der Waals surface area contributed by atoms with Gasteiger partial charge in [0.05, 0.1) is 4.92 Å². The van der Waals surface area contributed by atoms with Crippen molar-refractivity contribution < 1.29 is 4.92 Å². The van der Waals surface area contributed by atoms with E-state index >= 15 is 0 Å². The van der Waals surface area contributed by atoms with Gasteiger partial charge in [-0.1, -0.05) is 18.6 Å². The molecule has 0 spiro atoms. The van der Waals surface area contributed by atoms with Crippen molar-refractivity contribution in [2.24, 2.45) is 5.73 Å². The number of fused-ring (bicyclic) bond motifs is 1. The second-order valence-corrected chi connectivity index (χ2v) is 6.23. The molecule has 3 rings (SSSR count). The number of piperidine rings is 1. The minimum atomic E-state index is -0.198. The summed E-state index contributed by atoms with van der Waals surface area (Å²) in [4.78, 5) is 13.7. The smallest absolute Gasteiger partial charge is 0.277 e. The third-order valence-electron chi connectivity index (χ3n) is 4.77. The fourth-order valence-electron chi connectivity index (χ4n) is 3.68. The van der Waals surface area contributed by atoms with Gasteiger partial charge in [-0.2, -0.15) is 0 Å². The molecular formula is C16H23N3O2. The van der Waals surface area contributed by atoms with Crippen LogP contribution in [0.2, 0.25) is 0 Å². The van der Waals surface area contributed by atoms with E-state index in [9.17, 15) is 10.1 Å². The Bertz CT molecular complexity index is 539. The lowest BCUT2D eigenvalue weighted by Gasteiger charge is -2.28. The van der Waals surface area contributed by atoms with Gasteiger partial charge in [-0.3, -0.25) is 15.0 Å². The number of hydrogen-bond acceptors (Lipinski definition) is 4. The Balaban J connectivity index is 1.94. The van der Waals surface area contributed by atoms with Crippen molar-refractivity contribution in [3.05, 3.63) is 38.9 Å². The monoisotopic (exact) mass is 289 g/mol. The fraction of sp³-hybridized carbons (Fsp3) is 0.625. The molecule has 0 aromatic heterocycles. The first kappa shape index (κ1) is 14.5. The highest BCUT2D eigenvalue weighted by Crippen LogP contribution is 2.37. The SMILES string of the molecule is N[C@@H]1CCCc2c1ccc(CN1CCCCC1)c2[N+](=O)[O-]. The van der Waals surface area contributed by atoms with Gasteiger partial charge in [0, 0.05) is 23.7 Å². The molecule has 5 heteroatoms. The average molecular weight is 289 g/mol. The molecular weight excluding hydrogens is 266 g/mol. The summed E-state index contributed by atoms with van der Waals surface area (Å²) in [6, 6.07) is 3.90. The van der Waals surface area contributed by atoms with Crippen LogP contribution in [-0.2, 0) is 13.0 Å². The minimum absolute atomic E-state index is 0.0449. The number of nitrogens with zero attached hydrogens (tertiary/aromatic N) is 2. The van der Waals surface area contributed by atoms with Gasteiger partial charge >= 0.3 is 0 Å². The van der Waals surface area contributed by atoms with Crippen molar-refractivity contribution in [3.8, 4) is 0 Å². The van der Waals surface area contributed by atoms with Gasteiger partial charge in [0.25, 0.3) is 5.69 Å². The Morgan fingerprint density at radius 3 is 2.71 bits per heavy atom. The van der Waals surface area contributed by atoms with Crippen LogP contribution >= 0.6 is 0 Å². The van der Waals surface area contributed by atoms with Crippen molar-refractivity contribution in [2.75, 3.05) is 13.1 Å². The van der Waals surface area contributed by atoms with Crippen molar-refractivity contribution in [2.45, 2.75) is 51.1 Å². The van der Waals surface area contributed by atoms with E-state index in [2.05, 4.69) is 4.90 Å². The number of benzene rings is 1. The molecule has 1 heterocycles. The van der Waals surface area contributed by atoms with Crippen LogP contribution in [0.3, 0.4) is 0 Å². The zero-order chi connectivity index (χ0) is 14.8. The molecule has 1 atom stereocenters. The van der Waals surface area contributed by atoms with Crippen LogP contribution < -0.4 is 5.73 Å². The topological polar surface area (TPSA) is 72.4 Å². The summed E-state index contributed by atoms with van der Waals surface area (Å²) >= 11 is 0. The van der Waals surface area contributed by atoms with E-state index < -0.39 is 0 Å². The summed E-state index contributed by atoms with van der Waals surface area (Å²) in [5.41, 5.74) is 9.16. The molecule has 0 radical (unpaired) electrons. The Hall–Kier alpha value is -1.46. The first-order valence-electron chi connectivity index (χ1n) is 7.94. The number of nitrogens with two attached hydrogens (primary N) is 1. The summed E-state index contributed by atoms with van der Waals surface area (Å²) in [7, 11) is 0. The third kappa shape index (κ3) is 2.94. The molecule has 21 heavy (non-hydrogen) atoms. The van der Waals surface area contributed by atoms with Gasteiger partial charge in [0.2, 0.25) is 0 Å². The second kappa shape index (κ2) is 6.12. The first-order chi connectivity index (χ1) is 10.2. The zero-order valence-corrected chi connectivity index (χ0v) is 12.4. The Morgan fingerprint density at radius 1 is 1.24 bits per heavy atom. The zero-order valence-electron chi connectivity index (χ0n) is 12.4. The van der Waals surface area contributed by atoms with Crippen LogP contribution in [0.4, 0.5) is 5.69 Å². The maximum absolute atomic E-state index is 11.6. The highest BCUT2D eigenvalue weighted by molar-refractivity contribution is 5.54. The first-order valence-corrected chi connectivity index (χ1v) is 7.94. The largest absolute Gasteiger partial charge is 0.324 e.